The van der Waals surface area contributed by atoms with E-state index in [1.807, 2.05) is 0 Å². The average molecular weight is 264 g/mol. The maximum atomic E-state index is 12.4. The van der Waals surface area contributed by atoms with Crippen molar-refractivity contribution in [3.63, 3.8) is 0 Å². The highest BCUT2D eigenvalue weighted by Gasteiger charge is 2.34. The highest BCUT2D eigenvalue weighted by atomic mass is 16.5. The van der Waals surface area contributed by atoms with Gasteiger partial charge < -0.3 is 20.1 Å². The van der Waals surface area contributed by atoms with Crippen LogP contribution in [0.15, 0.2) is 24.3 Å². The van der Waals surface area contributed by atoms with E-state index in [-0.39, 0.29) is 12.5 Å². The first-order chi connectivity index (χ1) is 9.15. The molecule has 0 bridgehead atoms. The number of amides is 1. The number of hydrogen-bond donors (Lipinski definition) is 1. The van der Waals surface area contributed by atoms with Crippen LogP contribution in [0.2, 0.25) is 0 Å². The molecule has 0 saturated carbocycles. The number of carbonyl (C=O) groups excluding carboxylic acids is 2. The molecular formula is C13H16N2O4. The van der Waals surface area contributed by atoms with Gasteiger partial charge in [0.25, 0.3) is 5.91 Å². The molecule has 0 aliphatic carbocycles. The van der Waals surface area contributed by atoms with Crippen molar-refractivity contribution in [1.82, 2.24) is 4.90 Å². The van der Waals surface area contributed by atoms with Crippen LogP contribution in [0, 0.1) is 0 Å². The Morgan fingerprint density at radius 3 is 2.84 bits per heavy atom. The van der Waals surface area contributed by atoms with Gasteiger partial charge in [0, 0.05) is 12.2 Å². The molecule has 0 spiro atoms. The molecule has 1 aliphatic rings. The number of nitrogen functional groups attached to an aromatic ring is 1. The molecule has 1 unspecified atom stereocenters. The van der Waals surface area contributed by atoms with Gasteiger partial charge in [-0.1, -0.05) is 12.1 Å². The molecule has 1 aromatic carbocycles. The summed E-state index contributed by atoms with van der Waals surface area (Å²) in [6.07, 6.45) is 0. The standard InChI is InChI=1S/C13H16N2O4/c1-18-13(17)11-8-19-7-6-15(11)12(16)9-4-2-3-5-10(9)14/h2-5,11H,6-8,14H2,1H3. The van der Waals surface area contributed by atoms with E-state index in [0.717, 1.165) is 0 Å². The number of anilines is 1. The van der Waals surface area contributed by atoms with Crippen LogP contribution in [0.3, 0.4) is 0 Å². The molecule has 6 nitrogen and oxygen atoms in total. The smallest absolute Gasteiger partial charge is 0.331 e. The minimum atomic E-state index is -0.717. The quantitative estimate of drug-likeness (QED) is 0.613. The third-order valence-electron chi connectivity index (χ3n) is 3.05. The molecule has 1 heterocycles. The first kappa shape index (κ1) is 13.4. The van der Waals surface area contributed by atoms with Gasteiger partial charge in [-0.25, -0.2) is 4.79 Å². The summed E-state index contributed by atoms with van der Waals surface area (Å²) >= 11 is 0. The Morgan fingerprint density at radius 2 is 2.16 bits per heavy atom. The Hall–Kier alpha value is -2.08. The molecule has 1 atom stereocenters. The Labute approximate surface area is 111 Å². The molecule has 1 aliphatic heterocycles. The van der Waals surface area contributed by atoms with Crippen molar-refractivity contribution in [2.75, 3.05) is 32.6 Å². The fraction of sp³-hybridized carbons (Fsp3) is 0.385. The maximum absolute atomic E-state index is 12.4. The summed E-state index contributed by atoms with van der Waals surface area (Å²) in [6.45, 7) is 0.879. The number of benzene rings is 1. The normalized spacial score (nSPS) is 19.0. The zero-order chi connectivity index (χ0) is 13.8. The first-order valence-corrected chi connectivity index (χ1v) is 5.96. The SMILES string of the molecule is COC(=O)C1COCCN1C(=O)c1ccccc1N. The number of para-hydroxylation sites is 1. The van der Waals surface area contributed by atoms with E-state index in [1.54, 1.807) is 24.3 Å². The van der Waals surface area contributed by atoms with Crippen molar-refractivity contribution in [3.8, 4) is 0 Å². The predicted octanol–water partition coefficient (Wildman–Crippen LogP) is 0.283. The van der Waals surface area contributed by atoms with Gasteiger partial charge in [0.05, 0.1) is 25.9 Å². The Morgan fingerprint density at radius 1 is 1.42 bits per heavy atom. The van der Waals surface area contributed by atoms with Gasteiger partial charge in [0.2, 0.25) is 0 Å². The number of methoxy groups -OCH3 is 1. The minimum Gasteiger partial charge on any atom is -0.467 e. The number of ether oxygens (including phenoxy) is 2. The zero-order valence-corrected chi connectivity index (χ0v) is 10.7. The summed E-state index contributed by atoms with van der Waals surface area (Å²) < 4.78 is 9.92. The van der Waals surface area contributed by atoms with Gasteiger partial charge >= 0.3 is 5.97 Å². The van der Waals surface area contributed by atoms with Crippen LogP contribution in [-0.4, -0.2) is 49.7 Å². The topological polar surface area (TPSA) is 81.9 Å². The lowest BCUT2D eigenvalue weighted by molar-refractivity contribution is -0.151. The van der Waals surface area contributed by atoms with E-state index in [4.69, 9.17) is 15.2 Å². The van der Waals surface area contributed by atoms with Crippen LogP contribution in [0.4, 0.5) is 5.69 Å². The second-order valence-corrected chi connectivity index (χ2v) is 4.20. The molecule has 2 N–H and O–H groups in total. The molecule has 1 amide bonds. The highest BCUT2D eigenvalue weighted by molar-refractivity contribution is 6.01. The summed E-state index contributed by atoms with van der Waals surface area (Å²) in [4.78, 5) is 25.6. The molecule has 1 fully saturated rings. The van der Waals surface area contributed by atoms with Crippen molar-refractivity contribution in [3.05, 3.63) is 29.8 Å². The van der Waals surface area contributed by atoms with Crippen molar-refractivity contribution in [2.24, 2.45) is 0 Å². The third-order valence-corrected chi connectivity index (χ3v) is 3.05. The van der Waals surface area contributed by atoms with Crippen molar-refractivity contribution in [2.45, 2.75) is 6.04 Å². The van der Waals surface area contributed by atoms with Crippen LogP contribution in [0.25, 0.3) is 0 Å². The predicted molar refractivity (Wildman–Crippen MR) is 68.5 cm³/mol. The van der Waals surface area contributed by atoms with Crippen LogP contribution < -0.4 is 5.73 Å². The molecule has 0 radical (unpaired) electrons. The van der Waals surface area contributed by atoms with Crippen LogP contribution in [0.5, 0.6) is 0 Å². The second kappa shape index (κ2) is 5.71. The summed E-state index contributed by atoms with van der Waals surface area (Å²) in [5.74, 6) is -0.764. The largest absolute Gasteiger partial charge is 0.467 e. The van der Waals surface area contributed by atoms with Crippen molar-refractivity contribution >= 4 is 17.6 Å². The fourth-order valence-electron chi connectivity index (χ4n) is 2.02. The molecular weight excluding hydrogens is 248 g/mol. The monoisotopic (exact) mass is 264 g/mol. The van der Waals surface area contributed by atoms with Crippen LogP contribution >= 0.6 is 0 Å². The number of nitrogens with zero attached hydrogens (tertiary/aromatic N) is 1. The lowest BCUT2D eigenvalue weighted by atomic mass is 10.1. The molecule has 1 aromatic rings. The molecule has 6 heteroatoms. The van der Waals surface area contributed by atoms with Crippen molar-refractivity contribution in [1.29, 1.82) is 0 Å². The number of rotatable bonds is 2. The first-order valence-electron chi connectivity index (χ1n) is 5.96. The van der Waals surface area contributed by atoms with Gasteiger partial charge in [0.15, 0.2) is 6.04 Å². The van der Waals surface area contributed by atoms with Gasteiger partial charge in [-0.3, -0.25) is 4.79 Å². The minimum absolute atomic E-state index is 0.144. The van der Waals surface area contributed by atoms with Crippen LogP contribution in [-0.2, 0) is 14.3 Å². The molecule has 19 heavy (non-hydrogen) atoms. The van der Waals surface area contributed by atoms with E-state index < -0.39 is 12.0 Å². The van der Waals surface area contributed by atoms with E-state index in [0.29, 0.717) is 24.4 Å². The van der Waals surface area contributed by atoms with E-state index in [2.05, 4.69) is 0 Å². The average Bonchev–Trinajstić information content (AvgIpc) is 2.46. The number of morpholine rings is 1. The fourth-order valence-corrected chi connectivity index (χ4v) is 2.02. The maximum Gasteiger partial charge on any atom is 0.331 e. The van der Waals surface area contributed by atoms with Gasteiger partial charge in [-0.05, 0) is 12.1 Å². The summed E-state index contributed by atoms with van der Waals surface area (Å²) in [6, 6.07) is 6.06. The van der Waals surface area contributed by atoms with E-state index >= 15 is 0 Å². The molecule has 0 aromatic heterocycles. The number of nitrogens with two attached hydrogens (primary N) is 1. The highest BCUT2D eigenvalue weighted by Crippen LogP contribution is 2.18. The molecule has 102 valence electrons. The lowest BCUT2D eigenvalue weighted by Gasteiger charge is -2.33. The van der Waals surface area contributed by atoms with Crippen LogP contribution in [0.1, 0.15) is 10.4 Å². The molecule has 1 saturated heterocycles. The number of esters is 1. The van der Waals surface area contributed by atoms with E-state index in [9.17, 15) is 9.59 Å². The second-order valence-electron chi connectivity index (χ2n) is 4.20. The summed E-state index contributed by atoms with van der Waals surface area (Å²) in [5, 5.41) is 0. The lowest BCUT2D eigenvalue weighted by Crippen LogP contribution is -2.53. The van der Waals surface area contributed by atoms with Crippen molar-refractivity contribution < 1.29 is 19.1 Å². The Kier molecular flexibility index (Phi) is 4.01. The molecule has 2 rings (SSSR count). The van der Waals surface area contributed by atoms with Gasteiger partial charge in [0.1, 0.15) is 0 Å². The zero-order valence-electron chi connectivity index (χ0n) is 10.7. The Bertz CT molecular complexity index is 489. The van der Waals surface area contributed by atoms with E-state index in [1.165, 1.54) is 12.0 Å². The number of hydrogen-bond acceptors (Lipinski definition) is 5. The number of carbonyl (C=O) groups is 2. The summed E-state index contributed by atoms with van der Waals surface area (Å²) in [7, 11) is 1.29. The van der Waals surface area contributed by atoms with Gasteiger partial charge in [-0.2, -0.15) is 0 Å². The Balaban J connectivity index is 2.25. The summed E-state index contributed by atoms with van der Waals surface area (Å²) in [5.41, 5.74) is 6.57. The third kappa shape index (κ3) is 2.68. The van der Waals surface area contributed by atoms with Gasteiger partial charge in [-0.15, -0.1) is 0 Å².